The van der Waals surface area contributed by atoms with Crippen molar-refractivity contribution >= 4 is 5.91 Å². The Bertz CT molecular complexity index is 639. The lowest BCUT2D eigenvalue weighted by atomic mass is 10.2. The lowest BCUT2D eigenvalue weighted by Gasteiger charge is -2.12. The van der Waals surface area contributed by atoms with Crippen molar-refractivity contribution < 1.29 is 14.6 Å². The number of carbonyl (C=O) groups is 1. The molecule has 104 valence electrons. The van der Waals surface area contributed by atoms with Crippen molar-refractivity contribution in [2.24, 2.45) is 0 Å². The van der Waals surface area contributed by atoms with E-state index >= 15 is 0 Å². The highest BCUT2D eigenvalue weighted by atomic mass is 16.5. The Labute approximate surface area is 117 Å². The van der Waals surface area contributed by atoms with E-state index in [2.05, 4.69) is 4.98 Å². The molecule has 1 heterocycles. The van der Waals surface area contributed by atoms with Crippen LogP contribution >= 0.6 is 0 Å². The van der Waals surface area contributed by atoms with E-state index in [1.165, 1.54) is 11.1 Å². The summed E-state index contributed by atoms with van der Waals surface area (Å²) in [5.74, 6) is 1.02. The molecule has 0 atom stereocenters. The summed E-state index contributed by atoms with van der Waals surface area (Å²) in [7, 11) is 3.33. The molecule has 1 amide bonds. The van der Waals surface area contributed by atoms with Crippen molar-refractivity contribution in [3.8, 4) is 17.2 Å². The summed E-state index contributed by atoms with van der Waals surface area (Å²) in [4.78, 5) is 17.3. The van der Waals surface area contributed by atoms with Gasteiger partial charge in [-0.2, -0.15) is 0 Å². The van der Waals surface area contributed by atoms with Crippen molar-refractivity contribution in [2.45, 2.75) is 6.92 Å². The monoisotopic (exact) mass is 272 g/mol. The molecule has 1 N–H and O–H groups in total. The first-order valence-corrected chi connectivity index (χ1v) is 6.13. The standard InChI is InChI=1S/C15H16N2O3/c1-10-13(18)5-4-6-14(10)20-11-7-8-16-12(9-11)15(19)17(2)3/h4-9,18H,1-3H3. The summed E-state index contributed by atoms with van der Waals surface area (Å²) in [6.45, 7) is 1.76. The van der Waals surface area contributed by atoms with E-state index in [0.29, 0.717) is 22.8 Å². The molecule has 0 saturated carbocycles. The third-order valence-corrected chi connectivity index (χ3v) is 2.84. The molecule has 0 fully saturated rings. The highest BCUT2D eigenvalue weighted by molar-refractivity contribution is 5.92. The number of aromatic hydroxyl groups is 1. The number of pyridine rings is 1. The Kier molecular flexibility index (Phi) is 3.89. The fourth-order valence-electron chi connectivity index (χ4n) is 1.66. The molecule has 0 aliphatic carbocycles. The van der Waals surface area contributed by atoms with Crippen LogP contribution in [0.1, 0.15) is 16.1 Å². The maximum atomic E-state index is 11.8. The zero-order valence-electron chi connectivity index (χ0n) is 11.6. The molecular weight excluding hydrogens is 256 g/mol. The molecule has 0 bridgehead atoms. The van der Waals surface area contributed by atoms with Gasteiger partial charge in [0.25, 0.3) is 5.91 Å². The molecule has 0 aliphatic heterocycles. The number of ether oxygens (including phenoxy) is 1. The van der Waals surface area contributed by atoms with Crippen molar-refractivity contribution in [3.63, 3.8) is 0 Å². The summed E-state index contributed by atoms with van der Waals surface area (Å²) in [5.41, 5.74) is 0.954. The minimum atomic E-state index is -0.192. The molecule has 0 unspecified atom stereocenters. The van der Waals surface area contributed by atoms with E-state index in [1.807, 2.05) is 0 Å². The zero-order chi connectivity index (χ0) is 14.7. The van der Waals surface area contributed by atoms with Gasteiger partial charge in [-0.05, 0) is 25.1 Å². The number of phenolic OH excluding ortho intramolecular Hbond substituents is 1. The molecule has 5 heteroatoms. The summed E-state index contributed by atoms with van der Waals surface area (Å²) in [6.07, 6.45) is 1.52. The summed E-state index contributed by atoms with van der Waals surface area (Å²) >= 11 is 0. The largest absolute Gasteiger partial charge is 0.508 e. The van der Waals surface area contributed by atoms with E-state index < -0.39 is 0 Å². The fraction of sp³-hybridized carbons (Fsp3) is 0.200. The van der Waals surface area contributed by atoms with Gasteiger partial charge in [0.05, 0.1) is 0 Å². The first kappa shape index (κ1) is 13.9. The molecule has 0 radical (unpaired) electrons. The Hall–Kier alpha value is -2.56. The van der Waals surface area contributed by atoms with Gasteiger partial charge in [0.1, 0.15) is 22.9 Å². The van der Waals surface area contributed by atoms with Crippen molar-refractivity contribution in [1.82, 2.24) is 9.88 Å². The highest BCUT2D eigenvalue weighted by Gasteiger charge is 2.11. The van der Waals surface area contributed by atoms with Gasteiger partial charge in [-0.15, -0.1) is 0 Å². The Morgan fingerprint density at radius 3 is 2.75 bits per heavy atom. The number of benzene rings is 1. The molecule has 2 aromatic rings. The van der Waals surface area contributed by atoms with Crippen LogP contribution in [0.5, 0.6) is 17.2 Å². The van der Waals surface area contributed by atoms with E-state index in [4.69, 9.17) is 4.74 Å². The van der Waals surface area contributed by atoms with Crippen LogP contribution < -0.4 is 4.74 Å². The quantitative estimate of drug-likeness (QED) is 0.932. The first-order chi connectivity index (χ1) is 9.49. The van der Waals surface area contributed by atoms with Crippen molar-refractivity contribution in [3.05, 3.63) is 47.8 Å². The van der Waals surface area contributed by atoms with E-state index in [-0.39, 0.29) is 11.7 Å². The van der Waals surface area contributed by atoms with Gasteiger partial charge in [-0.1, -0.05) is 6.07 Å². The second kappa shape index (κ2) is 5.61. The van der Waals surface area contributed by atoms with Gasteiger partial charge in [0.15, 0.2) is 0 Å². The van der Waals surface area contributed by atoms with Gasteiger partial charge in [0.2, 0.25) is 0 Å². The molecule has 2 rings (SSSR count). The van der Waals surface area contributed by atoms with E-state index in [1.54, 1.807) is 51.4 Å². The molecule has 1 aromatic heterocycles. The Morgan fingerprint density at radius 2 is 2.05 bits per heavy atom. The van der Waals surface area contributed by atoms with Crippen LogP contribution in [-0.2, 0) is 0 Å². The third kappa shape index (κ3) is 2.88. The average molecular weight is 272 g/mol. The molecule has 0 aliphatic rings. The maximum absolute atomic E-state index is 11.8. The minimum Gasteiger partial charge on any atom is -0.508 e. The number of phenols is 1. The Balaban J connectivity index is 2.28. The van der Waals surface area contributed by atoms with Crippen LogP contribution in [0.2, 0.25) is 0 Å². The molecule has 1 aromatic carbocycles. The van der Waals surface area contributed by atoms with Crippen LogP contribution in [-0.4, -0.2) is 35.0 Å². The molecule has 0 spiro atoms. The minimum absolute atomic E-state index is 0.168. The molecular formula is C15H16N2O3. The second-order valence-corrected chi connectivity index (χ2v) is 4.58. The van der Waals surface area contributed by atoms with Gasteiger partial charge in [-0.25, -0.2) is 0 Å². The maximum Gasteiger partial charge on any atom is 0.272 e. The van der Waals surface area contributed by atoms with Crippen LogP contribution in [0, 0.1) is 6.92 Å². The number of nitrogens with zero attached hydrogens (tertiary/aromatic N) is 2. The highest BCUT2D eigenvalue weighted by Crippen LogP contribution is 2.30. The van der Waals surface area contributed by atoms with Gasteiger partial charge >= 0.3 is 0 Å². The van der Waals surface area contributed by atoms with Crippen molar-refractivity contribution in [1.29, 1.82) is 0 Å². The second-order valence-electron chi connectivity index (χ2n) is 4.58. The lowest BCUT2D eigenvalue weighted by molar-refractivity contribution is 0.0821. The number of hydrogen-bond acceptors (Lipinski definition) is 4. The average Bonchev–Trinajstić information content (AvgIpc) is 2.43. The summed E-state index contributed by atoms with van der Waals surface area (Å²) < 4.78 is 5.69. The number of aromatic nitrogens is 1. The van der Waals surface area contributed by atoms with E-state index in [9.17, 15) is 9.90 Å². The molecule has 20 heavy (non-hydrogen) atoms. The molecule has 5 nitrogen and oxygen atoms in total. The van der Waals surface area contributed by atoms with Crippen LogP contribution in [0.25, 0.3) is 0 Å². The van der Waals surface area contributed by atoms with Crippen LogP contribution in [0.4, 0.5) is 0 Å². The smallest absolute Gasteiger partial charge is 0.272 e. The van der Waals surface area contributed by atoms with E-state index in [0.717, 1.165) is 0 Å². The Morgan fingerprint density at radius 1 is 1.30 bits per heavy atom. The molecule has 0 saturated heterocycles. The summed E-state index contributed by atoms with van der Waals surface area (Å²) in [5, 5.41) is 9.64. The summed E-state index contributed by atoms with van der Waals surface area (Å²) in [6, 6.07) is 8.28. The fourth-order valence-corrected chi connectivity index (χ4v) is 1.66. The lowest BCUT2D eigenvalue weighted by Crippen LogP contribution is -2.22. The number of carbonyl (C=O) groups excluding carboxylic acids is 1. The zero-order valence-corrected chi connectivity index (χ0v) is 11.6. The predicted octanol–water partition coefficient (Wildman–Crippen LogP) is 2.59. The third-order valence-electron chi connectivity index (χ3n) is 2.84. The van der Waals surface area contributed by atoms with Crippen molar-refractivity contribution in [2.75, 3.05) is 14.1 Å². The number of amides is 1. The number of rotatable bonds is 3. The normalized spacial score (nSPS) is 10.2. The van der Waals surface area contributed by atoms with Crippen LogP contribution in [0.15, 0.2) is 36.5 Å². The SMILES string of the molecule is Cc1c(O)cccc1Oc1ccnc(C(=O)N(C)C)c1. The van der Waals surface area contributed by atoms with Gasteiger partial charge in [-0.3, -0.25) is 9.78 Å². The van der Waals surface area contributed by atoms with Gasteiger partial charge in [0, 0.05) is 31.9 Å². The van der Waals surface area contributed by atoms with Gasteiger partial charge < -0.3 is 14.7 Å². The van der Waals surface area contributed by atoms with Crippen LogP contribution in [0.3, 0.4) is 0 Å². The first-order valence-electron chi connectivity index (χ1n) is 6.13. The topological polar surface area (TPSA) is 62.7 Å². The predicted molar refractivity (Wildman–Crippen MR) is 75.2 cm³/mol. The number of hydrogen-bond donors (Lipinski definition) is 1.